The molecule has 1 aromatic carbocycles. The number of benzene rings is 1. The van der Waals surface area contributed by atoms with Crippen molar-refractivity contribution in [3.63, 3.8) is 0 Å². The monoisotopic (exact) mass is 337 g/mol. The van der Waals surface area contributed by atoms with Gasteiger partial charge >= 0.3 is 12.0 Å². The summed E-state index contributed by atoms with van der Waals surface area (Å²) in [5.74, 6) is -2.85. The van der Waals surface area contributed by atoms with E-state index in [-0.39, 0.29) is 13.0 Å². The van der Waals surface area contributed by atoms with Gasteiger partial charge in [-0.05, 0) is 24.6 Å². The molecule has 1 aromatic rings. The smallest absolute Gasteiger partial charge is 0.325 e. The minimum Gasteiger partial charge on any atom is -0.481 e. The third-order valence-corrected chi connectivity index (χ3v) is 3.66. The first-order valence-electron chi connectivity index (χ1n) is 7.12. The summed E-state index contributed by atoms with van der Waals surface area (Å²) in [6, 6.07) is 4.34. The van der Waals surface area contributed by atoms with Gasteiger partial charge in [0.15, 0.2) is 0 Å². The van der Waals surface area contributed by atoms with Crippen molar-refractivity contribution in [3.8, 4) is 0 Å². The Morgan fingerprint density at radius 3 is 2.50 bits per heavy atom. The van der Waals surface area contributed by atoms with Crippen LogP contribution < -0.4 is 10.6 Å². The molecule has 0 saturated carbocycles. The molecule has 1 heterocycles. The lowest BCUT2D eigenvalue weighted by molar-refractivity contribution is -0.137. The van der Waals surface area contributed by atoms with Crippen molar-refractivity contribution in [2.45, 2.75) is 18.9 Å². The van der Waals surface area contributed by atoms with Crippen LogP contribution in [0.5, 0.6) is 0 Å². The van der Waals surface area contributed by atoms with E-state index in [1.807, 2.05) is 0 Å². The van der Waals surface area contributed by atoms with E-state index in [0.717, 1.165) is 4.90 Å². The zero-order valence-electron chi connectivity index (χ0n) is 12.8. The van der Waals surface area contributed by atoms with Crippen molar-refractivity contribution in [1.82, 2.24) is 15.5 Å². The van der Waals surface area contributed by atoms with Crippen LogP contribution >= 0.6 is 0 Å². The molecule has 1 aliphatic rings. The fourth-order valence-electron chi connectivity index (χ4n) is 2.33. The lowest BCUT2D eigenvalue weighted by atomic mass is 9.92. The summed E-state index contributed by atoms with van der Waals surface area (Å²) >= 11 is 0. The van der Waals surface area contributed by atoms with Gasteiger partial charge in [0.05, 0.1) is 6.42 Å². The van der Waals surface area contributed by atoms with Gasteiger partial charge in [0, 0.05) is 6.54 Å². The Morgan fingerprint density at radius 2 is 1.92 bits per heavy atom. The molecule has 0 spiro atoms. The average molecular weight is 337 g/mol. The van der Waals surface area contributed by atoms with E-state index in [9.17, 15) is 23.6 Å². The van der Waals surface area contributed by atoms with Crippen molar-refractivity contribution < 1.29 is 28.7 Å². The Morgan fingerprint density at radius 1 is 1.29 bits per heavy atom. The number of carbonyl (C=O) groups is 4. The van der Waals surface area contributed by atoms with Crippen molar-refractivity contribution in [2.24, 2.45) is 0 Å². The number of amides is 4. The maximum absolute atomic E-state index is 13.0. The molecule has 1 fully saturated rings. The van der Waals surface area contributed by atoms with Crippen LogP contribution in [0.2, 0.25) is 0 Å². The molecule has 0 unspecified atom stereocenters. The molecule has 1 saturated heterocycles. The fraction of sp³-hybridized carbons (Fsp3) is 0.333. The number of rotatable bonds is 6. The van der Waals surface area contributed by atoms with Crippen LogP contribution in [0.15, 0.2) is 24.3 Å². The molecule has 3 N–H and O–H groups in total. The van der Waals surface area contributed by atoms with Crippen LogP contribution in [0.1, 0.15) is 18.9 Å². The standard InChI is InChI=1S/C15H16FN3O5/c1-15(9-2-4-10(16)5-3-9)13(23)19(14(24)18-15)8-11(20)17-7-6-12(21)22/h2-5H,6-8H2,1H3,(H,17,20)(H,18,24)(H,21,22)/t15-/m0/s1. The van der Waals surface area contributed by atoms with Crippen molar-refractivity contribution in [3.05, 3.63) is 35.6 Å². The zero-order chi connectivity index (χ0) is 17.9. The average Bonchev–Trinajstić information content (AvgIpc) is 2.72. The summed E-state index contributed by atoms with van der Waals surface area (Å²) in [4.78, 5) is 47.4. The lowest BCUT2D eigenvalue weighted by Crippen LogP contribution is -2.43. The quantitative estimate of drug-likeness (QED) is 0.641. The highest BCUT2D eigenvalue weighted by Gasteiger charge is 2.49. The van der Waals surface area contributed by atoms with Crippen molar-refractivity contribution in [1.29, 1.82) is 0 Å². The number of carboxylic acids is 1. The lowest BCUT2D eigenvalue weighted by Gasteiger charge is -2.22. The third kappa shape index (κ3) is 3.50. The second-order valence-corrected chi connectivity index (χ2v) is 5.45. The van der Waals surface area contributed by atoms with E-state index >= 15 is 0 Å². The normalized spacial score (nSPS) is 20.0. The van der Waals surface area contributed by atoms with Crippen molar-refractivity contribution >= 4 is 23.8 Å². The molecule has 9 heteroatoms. The molecular formula is C15H16FN3O5. The van der Waals surface area contributed by atoms with Gasteiger partial charge in [0.2, 0.25) is 5.91 Å². The Labute approximate surface area is 136 Å². The molecule has 0 bridgehead atoms. The molecule has 4 amide bonds. The van der Waals surface area contributed by atoms with E-state index in [4.69, 9.17) is 5.11 Å². The second kappa shape index (κ2) is 6.65. The molecule has 0 aliphatic carbocycles. The van der Waals surface area contributed by atoms with E-state index in [0.29, 0.717) is 5.56 Å². The topological polar surface area (TPSA) is 116 Å². The molecular weight excluding hydrogens is 321 g/mol. The van der Waals surface area contributed by atoms with Crippen LogP contribution in [0.3, 0.4) is 0 Å². The van der Waals surface area contributed by atoms with Gasteiger partial charge in [0.1, 0.15) is 17.9 Å². The molecule has 0 aromatic heterocycles. The number of urea groups is 1. The minimum atomic E-state index is -1.40. The fourth-order valence-corrected chi connectivity index (χ4v) is 2.33. The Balaban J connectivity index is 2.07. The van der Waals surface area contributed by atoms with E-state index in [1.54, 1.807) is 0 Å². The summed E-state index contributed by atoms with van der Waals surface area (Å²) in [6.45, 7) is 0.830. The number of hydrogen-bond acceptors (Lipinski definition) is 4. The molecule has 0 radical (unpaired) electrons. The van der Waals surface area contributed by atoms with E-state index in [2.05, 4.69) is 10.6 Å². The zero-order valence-corrected chi connectivity index (χ0v) is 12.8. The molecule has 1 atom stereocenters. The Kier molecular flexibility index (Phi) is 4.82. The van der Waals surface area contributed by atoms with Gasteiger partial charge in [-0.15, -0.1) is 0 Å². The Hall–Kier alpha value is -2.97. The second-order valence-electron chi connectivity index (χ2n) is 5.45. The highest BCUT2D eigenvalue weighted by atomic mass is 19.1. The number of imide groups is 1. The van der Waals surface area contributed by atoms with Gasteiger partial charge in [-0.3, -0.25) is 19.3 Å². The predicted molar refractivity (Wildman–Crippen MR) is 79.3 cm³/mol. The molecule has 128 valence electrons. The Bertz CT molecular complexity index is 691. The first kappa shape index (κ1) is 17.4. The number of halogens is 1. The summed E-state index contributed by atoms with van der Waals surface area (Å²) in [6.07, 6.45) is -0.265. The molecule has 8 nitrogen and oxygen atoms in total. The summed E-state index contributed by atoms with van der Waals surface area (Å²) < 4.78 is 13.0. The van der Waals surface area contributed by atoms with Crippen LogP contribution in [0.25, 0.3) is 0 Å². The number of nitrogens with one attached hydrogen (secondary N) is 2. The highest BCUT2D eigenvalue weighted by Crippen LogP contribution is 2.28. The number of carboxylic acid groups (broad SMARTS) is 1. The van der Waals surface area contributed by atoms with Gasteiger partial charge in [-0.1, -0.05) is 12.1 Å². The number of hydrogen-bond donors (Lipinski definition) is 3. The third-order valence-electron chi connectivity index (χ3n) is 3.66. The van der Waals surface area contributed by atoms with Gasteiger partial charge < -0.3 is 15.7 Å². The van der Waals surface area contributed by atoms with Crippen LogP contribution in [0, 0.1) is 5.82 Å². The first-order valence-corrected chi connectivity index (χ1v) is 7.12. The van der Waals surface area contributed by atoms with E-state index < -0.39 is 41.7 Å². The molecule has 1 aliphatic heterocycles. The van der Waals surface area contributed by atoms with Crippen LogP contribution in [0.4, 0.5) is 9.18 Å². The maximum atomic E-state index is 13.0. The predicted octanol–water partition coefficient (Wildman–Crippen LogP) is 0.184. The maximum Gasteiger partial charge on any atom is 0.325 e. The van der Waals surface area contributed by atoms with Crippen LogP contribution in [-0.2, 0) is 19.9 Å². The summed E-state index contributed by atoms with van der Waals surface area (Å²) in [5.41, 5.74) is -1.01. The first-order chi connectivity index (χ1) is 11.2. The number of nitrogens with zero attached hydrogens (tertiary/aromatic N) is 1. The van der Waals surface area contributed by atoms with Gasteiger partial charge in [-0.2, -0.15) is 0 Å². The van der Waals surface area contributed by atoms with Gasteiger partial charge in [-0.25, -0.2) is 9.18 Å². The number of carbonyl (C=O) groups excluding carboxylic acids is 3. The van der Waals surface area contributed by atoms with Crippen molar-refractivity contribution in [2.75, 3.05) is 13.1 Å². The van der Waals surface area contributed by atoms with Gasteiger partial charge in [0.25, 0.3) is 5.91 Å². The molecule has 24 heavy (non-hydrogen) atoms. The number of aliphatic carboxylic acids is 1. The van der Waals surface area contributed by atoms with Crippen LogP contribution in [-0.4, -0.2) is 46.9 Å². The largest absolute Gasteiger partial charge is 0.481 e. The molecule has 2 rings (SSSR count). The SMILES string of the molecule is C[C@@]1(c2ccc(F)cc2)NC(=O)N(CC(=O)NCCC(=O)O)C1=O. The minimum absolute atomic E-state index is 0.104. The highest BCUT2D eigenvalue weighted by molar-refractivity contribution is 6.09. The summed E-state index contributed by atoms with van der Waals surface area (Å²) in [5, 5.41) is 13.3. The van der Waals surface area contributed by atoms with E-state index in [1.165, 1.54) is 31.2 Å². The summed E-state index contributed by atoms with van der Waals surface area (Å²) in [7, 11) is 0.